The van der Waals surface area contributed by atoms with Gasteiger partial charge in [-0.1, -0.05) is 0 Å². The van der Waals surface area contributed by atoms with Crippen molar-refractivity contribution in [1.82, 2.24) is 19.5 Å². The van der Waals surface area contributed by atoms with E-state index in [0.29, 0.717) is 0 Å². The Kier molecular flexibility index (Phi) is 6.51. The minimum atomic E-state index is -5.34. The van der Waals surface area contributed by atoms with Gasteiger partial charge in [-0.25, -0.2) is 28.3 Å². The smallest absolute Gasteiger partial charge is 0.382 e. The third-order valence-corrected chi connectivity index (χ3v) is 5.31. The number of aromatic nitrogens is 4. The summed E-state index contributed by atoms with van der Waals surface area (Å²) in [5.41, 5.74) is 5.68. The van der Waals surface area contributed by atoms with Gasteiger partial charge in [0.1, 0.15) is 24.1 Å². The third-order valence-electron chi connectivity index (χ3n) is 3.85. The zero-order valence-electron chi connectivity index (χ0n) is 14.8. The largest absolute Gasteiger partial charge is 0.470 e. The molecule has 3 heterocycles. The molecule has 0 spiro atoms. The predicted molar refractivity (Wildman–Crippen MR) is 95.0 cm³/mol. The standard InChI is InChI=1S/C10H15N5O13P2S/c11-8-5-9(13-2-12-8)15(3-14-5)10-7(28-31(22,23)24)6(27-30(19,20)21)4(26-10)1-25-29(16,17)18/h2-4,6-7,10H,1H2,(H2,11,12,13)(H2,16,17,18)(H2,19,20,21)(H,22,23,24)/t4-,6-,7-,10-/m1/s1. The van der Waals surface area contributed by atoms with Gasteiger partial charge in [0, 0.05) is 0 Å². The summed E-state index contributed by atoms with van der Waals surface area (Å²) in [5.74, 6) is -0.0709. The molecule has 0 aliphatic carbocycles. The van der Waals surface area contributed by atoms with E-state index in [0.717, 1.165) is 17.2 Å². The van der Waals surface area contributed by atoms with Gasteiger partial charge in [-0.3, -0.25) is 18.2 Å². The summed E-state index contributed by atoms with van der Waals surface area (Å²) in [7, 11) is -15.7. The second-order valence-corrected chi connectivity index (χ2v) is 9.46. The van der Waals surface area contributed by atoms with Gasteiger partial charge in [0.05, 0.1) is 12.9 Å². The van der Waals surface area contributed by atoms with Crippen LogP contribution in [0.15, 0.2) is 12.7 Å². The first-order valence-electron chi connectivity index (χ1n) is 7.83. The van der Waals surface area contributed by atoms with Gasteiger partial charge in [-0.05, 0) is 0 Å². The number of phosphoric ester groups is 2. The van der Waals surface area contributed by atoms with Crippen LogP contribution >= 0.6 is 15.6 Å². The first kappa shape index (κ1) is 24.1. The molecule has 2 aromatic rings. The Labute approximate surface area is 172 Å². The molecule has 1 saturated heterocycles. The van der Waals surface area contributed by atoms with Gasteiger partial charge in [0.2, 0.25) is 0 Å². The van der Waals surface area contributed by atoms with Crippen LogP contribution in [0.3, 0.4) is 0 Å². The maximum absolute atomic E-state index is 11.4. The Morgan fingerprint density at radius 1 is 1.13 bits per heavy atom. The van der Waals surface area contributed by atoms with Crippen LogP contribution in [-0.2, 0) is 37.5 Å². The van der Waals surface area contributed by atoms with E-state index in [4.69, 9.17) is 24.8 Å². The lowest BCUT2D eigenvalue weighted by atomic mass is 10.1. The third kappa shape index (κ3) is 6.01. The average molecular weight is 507 g/mol. The molecule has 7 N–H and O–H groups in total. The molecule has 1 aliphatic rings. The maximum atomic E-state index is 11.4. The fourth-order valence-corrected chi connectivity index (χ4v) is 4.22. The summed E-state index contributed by atoms with van der Waals surface area (Å²) in [6.07, 6.45) is -5.28. The molecule has 0 saturated carbocycles. The van der Waals surface area contributed by atoms with E-state index >= 15 is 0 Å². The molecule has 0 amide bonds. The fourth-order valence-electron chi connectivity index (χ4n) is 2.82. The van der Waals surface area contributed by atoms with Gasteiger partial charge in [-0.15, -0.1) is 0 Å². The first-order chi connectivity index (χ1) is 14.1. The van der Waals surface area contributed by atoms with Crippen molar-refractivity contribution in [1.29, 1.82) is 0 Å². The van der Waals surface area contributed by atoms with Crippen LogP contribution in [-0.4, -0.2) is 77.0 Å². The molecule has 0 radical (unpaired) electrons. The normalized spacial score (nSPS) is 25.3. The quantitative estimate of drug-likeness (QED) is 0.168. The molecule has 21 heteroatoms. The molecule has 2 aromatic heterocycles. The van der Waals surface area contributed by atoms with Crippen LogP contribution in [0.5, 0.6) is 0 Å². The molecular weight excluding hydrogens is 492 g/mol. The molecule has 174 valence electrons. The first-order valence-corrected chi connectivity index (χ1v) is 12.3. The Bertz CT molecular complexity index is 1160. The Balaban J connectivity index is 2.07. The second kappa shape index (κ2) is 8.39. The van der Waals surface area contributed by atoms with Crippen molar-refractivity contribution in [2.75, 3.05) is 12.3 Å². The van der Waals surface area contributed by atoms with E-state index in [2.05, 4.69) is 28.2 Å². The number of nitrogen functional groups attached to an aromatic ring is 1. The number of anilines is 1. The van der Waals surface area contributed by atoms with Gasteiger partial charge in [0.25, 0.3) is 0 Å². The lowest BCUT2D eigenvalue weighted by molar-refractivity contribution is -0.0478. The lowest BCUT2D eigenvalue weighted by Crippen LogP contribution is -2.38. The summed E-state index contributed by atoms with van der Waals surface area (Å²) >= 11 is 0. The van der Waals surface area contributed by atoms with Crippen molar-refractivity contribution in [3.05, 3.63) is 12.7 Å². The van der Waals surface area contributed by atoms with Crippen LogP contribution in [0.1, 0.15) is 6.23 Å². The van der Waals surface area contributed by atoms with Crippen molar-refractivity contribution >= 4 is 43.0 Å². The zero-order chi connectivity index (χ0) is 23.2. The van der Waals surface area contributed by atoms with Crippen LogP contribution in [0.25, 0.3) is 11.2 Å². The number of ether oxygens (including phenoxy) is 1. The van der Waals surface area contributed by atoms with Crippen LogP contribution in [0, 0.1) is 0 Å². The predicted octanol–water partition coefficient (Wildman–Crippen LogP) is -1.92. The molecule has 1 aliphatic heterocycles. The van der Waals surface area contributed by atoms with Crippen molar-refractivity contribution in [2.45, 2.75) is 24.5 Å². The summed E-state index contributed by atoms with van der Waals surface area (Å²) < 4.78 is 74.0. The molecule has 0 aromatic carbocycles. The topological polar surface area (TPSA) is 276 Å². The van der Waals surface area contributed by atoms with Crippen molar-refractivity contribution in [3.63, 3.8) is 0 Å². The van der Waals surface area contributed by atoms with Gasteiger partial charge >= 0.3 is 26.0 Å². The summed E-state index contributed by atoms with van der Waals surface area (Å²) in [5, 5.41) is 0. The summed E-state index contributed by atoms with van der Waals surface area (Å²) in [4.78, 5) is 47.7. The zero-order valence-corrected chi connectivity index (χ0v) is 17.4. The monoisotopic (exact) mass is 507 g/mol. The fraction of sp³-hybridized carbons (Fsp3) is 0.500. The van der Waals surface area contributed by atoms with E-state index in [1.165, 1.54) is 0 Å². The molecule has 31 heavy (non-hydrogen) atoms. The molecule has 0 unspecified atom stereocenters. The number of hydrogen-bond donors (Lipinski definition) is 6. The number of hydrogen-bond acceptors (Lipinski definition) is 12. The van der Waals surface area contributed by atoms with Crippen LogP contribution < -0.4 is 5.73 Å². The minimum absolute atomic E-state index is 0.0343. The number of fused-ring (bicyclic) bond motifs is 1. The van der Waals surface area contributed by atoms with E-state index < -0.39 is 57.2 Å². The van der Waals surface area contributed by atoms with Crippen molar-refractivity contribution in [3.8, 4) is 0 Å². The maximum Gasteiger partial charge on any atom is 0.470 e. The van der Waals surface area contributed by atoms with Crippen molar-refractivity contribution in [2.24, 2.45) is 0 Å². The van der Waals surface area contributed by atoms with Gasteiger partial charge in [0.15, 0.2) is 23.8 Å². The van der Waals surface area contributed by atoms with Crippen molar-refractivity contribution < 1.29 is 59.6 Å². The highest BCUT2D eigenvalue weighted by molar-refractivity contribution is 7.80. The Hall–Kier alpha value is -1.60. The Morgan fingerprint density at radius 2 is 1.81 bits per heavy atom. The average Bonchev–Trinajstić information content (AvgIpc) is 3.13. The highest BCUT2D eigenvalue weighted by Gasteiger charge is 2.52. The SMILES string of the molecule is Nc1ncnc2c1ncn2[C@@H]1O[C@H](COP(=O)(O)O)[C@@H](OP(=O)(O)O)[C@H]1OS(=O)(=O)O. The molecular formula is C10H15N5O13P2S. The summed E-state index contributed by atoms with van der Waals surface area (Å²) in [6.45, 7) is -1.01. The molecule has 18 nitrogen and oxygen atoms in total. The van der Waals surface area contributed by atoms with E-state index in [1.54, 1.807) is 0 Å². The van der Waals surface area contributed by atoms with E-state index in [1.807, 2.05) is 0 Å². The second-order valence-electron chi connectivity index (χ2n) is 5.98. The minimum Gasteiger partial charge on any atom is -0.382 e. The molecule has 1 fully saturated rings. The van der Waals surface area contributed by atoms with Crippen LogP contribution in [0.4, 0.5) is 5.82 Å². The molecule has 4 atom stereocenters. The molecule has 3 rings (SSSR count). The van der Waals surface area contributed by atoms with E-state index in [-0.39, 0.29) is 17.0 Å². The number of nitrogens with two attached hydrogens (primary N) is 1. The highest BCUT2D eigenvalue weighted by Crippen LogP contribution is 2.46. The Morgan fingerprint density at radius 3 is 2.39 bits per heavy atom. The molecule has 0 bridgehead atoms. The number of phosphoric acid groups is 2. The number of imidazole rings is 1. The summed E-state index contributed by atoms with van der Waals surface area (Å²) in [6, 6.07) is 0. The highest BCUT2D eigenvalue weighted by atomic mass is 32.3. The van der Waals surface area contributed by atoms with Crippen LogP contribution in [0.2, 0.25) is 0 Å². The number of rotatable bonds is 8. The van der Waals surface area contributed by atoms with Gasteiger partial charge in [-0.2, -0.15) is 8.42 Å². The lowest BCUT2D eigenvalue weighted by Gasteiger charge is -2.23. The van der Waals surface area contributed by atoms with E-state index in [9.17, 15) is 27.3 Å². The number of nitrogens with zero attached hydrogens (tertiary/aromatic N) is 4. The van der Waals surface area contributed by atoms with Gasteiger partial charge < -0.3 is 30.0 Å².